The lowest BCUT2D eigenvalue weighted by Crippen LogP contribution is -2.35. The third-order valence-corrected chi connectivity index (χ3v) is 3.72. The second-order valence-electron chi connectivity index (χ2n) is 4.80. The highest BCUT2D eigenvalue weighted by Crippen LogP contribution is 2.30. The molecular formula is C13H18N4O3. The number of nitrogens with zero attached hydrogens (tertiary/aromatic N) is 2. The van der Waals surface area contributed by atoms with Gasteiger partial charge in [0.25, 0.3) is 11.6 Å². The van der Waals surface area contributed by atoms with E-state index >= 15 is 0 Å². The first-order valence-corrected chi connectivity index (χ1v) is 6.65. The fourth-order valence-electron chi connectivity index (χ4n) is 2.70. The van der Waals surface area contributed by atoms with Gasteiger partial charge in [-0.3, -0.25) is 20.8 Å². The average Bonchev–Trinajstić information content (AvgIpc) is 2.93. The largest absolute Gasteiger partial charge is 0.336 e. The lowest BCUT2D eigenvalue weighted by molar-refractivity contribution is -0.384. The minimum absolute atomic E-state index is 0.0734. The summed E-state index contributed by atoms with van der Waals surface area (Å²) in [5, 5.41) is 11.0. The highest BCUT2D eigenvalue weighted by atomic mass is 16.6. The van der Waals surface area contributed by atoms with E-state index in [4.69, 9.17) is 5.84 Å². The van der Waals surface area contributed by atoms with Gasteiger partial charge in [0, 0.05) is 18.7 Å². The van der Waals surface area contributed by atoms with E-state index in [9.17, 15) is 14.9 Å². The number of hydrazine groups is 1. The van der Waals surface area contributed by atoms with Crippen molar-refractivity contribution in [2.24, 2.45) is 5.84 Å². The molecule has 0 spiro atoms. The van der Waals surface area contributed by atoms with Crippen molar-refractivity contribution in [1.29, 1.82) is 0 Å². The summed E-state index contributed by atoms with van der Waals surface area (Å²) in [6, 6.07) is 4.60. The molecule has 1 unspecified atom stereocenters. The zero-order chi connectivity index (χ0) is 14.7. The summed E-state index contributed by atoms with van der Waals surface area (Å²) in [5.74, 6) is 5.16. The predicted octanol–water partition coefficient (Wildman–Crippen LogP) is 1.89. The Morgan fingerprint density at radius 2 is 2.35 bits per heavy atom. The summed E-state index contributed by atoms with van der Waals surface area (Å²) >= 11 is 0. The Morgan fingerprint density at radius 3 is 2.95 bits per heavy atom. The molecule has 0 radical (unpaired) electrons. The standard InChI is InChI=1S/C13H18N4O3/c1-2-9-5-4-8-16(9)13(18)10-6-3-7-11(17(19)20)12(10)15-14/h3,6-7,9,15H,2,4-5,8,14H2,1H3. The van der Waals surface area contributed by atoms with Crippen LogP contribution in [0.3, 0.4) is 0 Å². The first kappa shape index (κ1) is 14.3. The van der Waals surface area contributed by atoms with Crippen molar-refractivity contribution in [3.63, 3.8) is 0 Å². The van der Waals surface area contributed by atoms with Crippen LogP contribution in [0.4, 0.5) is 11.4 Å². The van der Waals surface area contributed by atoms with E-state index in [1.807, 2.05) is 6.92 Å². The van der Waals surface area contributed by atoms with Gasteiger partial charge in [-0.05, 0) is 25.3 Å². The van der Waals surface area contributed by atoms with Crippen molar-refractivity contribution >= 4 is 17.3 Å². The Kier molecular flexibility index (Phi) is 4.19. The number of nitrogens with one attached hydrogen (secondary N) is 1. The number of nitrogens with two attached hydrogens (primary N) is 1. The number of nitrogen functional groups attached to an aromatic ring is 1. The van der Waals surface area contributed by atoms with Gasteiger partial charge in [0.15, 0.2) is 0 Å². The summed E-state index contributed by atoms with van der Waals surface area (Å²) in [6.45, 7) is 2.72. The Labute approximate surface area is 116 Å². The van der Waals surface area contributed by atoms with Crippen LogP contribution in [-0.4, -0.2) is 28.3 Å². The fraction of sp³-hybridized carbons (Fsp3) is 0.462. The van der Waals surface area contributed by atoms with Crippen LogP contribution in [0.25, 0.3) is 0 Å². The van der Waals surface area contributed by atoms with E-state index < -0.39 is 4.92 Å². The quantitative estimate of drug-likeness (QED) is 0.497. The van der Waals surface area contributed by atoms with Gasteiger partial charge < -0.3 is 10.3 Å². The second-order valence-corrected chi connectivity index (χ2v) is 4.80. The normalized spacial score (nSPS) is 18.1. The van der Waals surface area contributed by atoms with Crippen LogP contribution in [0, 0.1) is 10.1 Å². The van der Waals surface area contributed by atoms with Gasteiger partial charge in [0.2, 0.25) is 0 Å². The molecule has 0 aliphatic carbocycles. The number of carbonyl (C=O) groups is 1. The van der Waals surface area contributed by atoms with Gasteiger partial charge in [-0.2, -0.15) is 0 Å². The molecule has 0 aromatic heterocycles. The van der Waals surface area contributed by atoms with E-state index in [1.54, 1.807) is 11.0 Å². The molecule has 2 rings (SSSR count). The number of nitro groups is 1. The van der Waals surface area contributed by atoms with E-state index in [1.165, 1.54) is 12.1 Å². The van der Waals surface area contributed by atoms with E-state index in [0.717, 1.165) is 19.3 Å². The van der Waals surface area contributed by atoms with Crippen molar-refractivity contribution < 1.29 is 9.72 Å². The molecule has 0 bridgehead atoms. The number of amides is 1. The van der Waals surface area contributed by atoms with Crippen molar-refractivity contribution in [1.82, 2.24) is 4.90 Å². The second kappa shape index (κ2) is 5.87. The first-order valence-electron chi connectivity index (χ1n) is 6.65. The van der Waals surface area contributed by atoms with E-state index in [2.05, 4.69) is 5.43 Å². The number of benzene rings is 1. The molecule has 1 aliphatic rings. The van der Waals surface area contributed by atoms with Gasteiger partial charge in [-0.1, -0.05) is 13.0 Å². The highest BCUT2D eigenvalue weighted by molar-refractivity contribution is 6.01. The maximum atomic E-state index is 12.6. The van der Waals surface area contributed by atoms with Crippen LogP contribution in [0.1, 0.15) is 36.5 Å². The molecule has 3 N–H and O–H groups in total. The molecule has 1 saturated heterocycles. The molecule has 7 heteroatoms. The summed E-state index contributed by atoms with van der Waals surface area (Å²) in [5.41, 5.74) is 2.43. The fourth-order valence-corrected chi connectivity index (χ4v) is 2.70. The number of anilines is 1. The van der Waals surface area contributed by atoms with Gasteiger partial charge in [-0.15, -0.1) is 0 Å². The Morgan fingerprint density at radius 1 is 1.60 bits per heavy atom. The summed E-state index contributed by atoms with van der Waals surface area (Å²) in [4.78, 5) is 24.8. The molecule has 0 saturated carbocycles. The van der Waals surface area contributed by atoms with Gasteiger partial charge in [-0.25, -0.2) is 0 Å². The van der Waals surface area contributed by atoms with Gasteiger partial charge in [0.05, 0.1) is 10.5 Å². The van der Waals surface area contributed by atoms with Crippen LogP contribution in [0.2, 0.25) is 0 Å². The highest BCUT2D eigenvalue weighted by Gasteiger charge is 2.31. The van der Waals surface area contributed by atoms with Gasteiger partial charge in [0.1, 0.15) is 5.69 Å². The summed E-state index contributed by atoms with van der Waals surface area (Å²) < 4.78 is 0. The zero-order valence-electron chi connectivity index (χ0n) is 11.3. The Hall–Kier alpha value is -2.15. The number of nitro benzene ring substituents is 1. The van der Waals surface area contributed by atoms with Crippen LogP contribution in [-0.2, 0) is 0 Å². The van der Waals surface area contributed by atoms with E-state index in [-0.39, 0.29) is 28.9 Å². The molecular weight excluding hydrogens is 260 g/mol. The van der Waals surface area contributed by atoms with Crippen LogP contribution in [0.5, 0.6) is 0 Å². The molecule has 20 heavy (non-hydrogen) atoms. The first-order chi connectivity index (χ1) is 9.60. The maximum Gasteiger partial charge on any atom is 0.294 e. The molecule has 1 amide bonds. The molecule has 1 aromatic carbocycles. The van der Waals surface area contributed by atoms with Crippen molar-refractivity contribution in [3.05, 3.63) is 33.9 Å². The third kappa shape index (κ3) is 2.44. The average molecular weight is 278 g/mol. The Bertz CT molecular complexity index is 532. The van der Waals surface area contributed by atoms with Crippen molar-refractivity contribution in [2.75, 3.05) is 12.0 Å². The number of hydrogen-bond donors (Lipinski definition) is 2. The minimum Gasteiger partial charge on any atom is -0.336 e. The SMILES string of the molecule is CCC1CCCN1C(=O)c1cccc([N+](=O)[O-])c1NN. The molecule has 1 aromatic rings. The summed E-state index contributed by atoms with van der Waals surface area (Å²) in [7, 11) is 0. The number of carbonyl (C=O) groups excluding carboxylic acids is 1. The van der Waals surface area contributed by atoms with Crippen LogP contribution >= 0.6 is 0 Å². The summed E-state index contributed by atoms with van der Waals surface area (Å²) in [6.07, 6.45) is 2.82. The number of para-hydroxylation sites is 1. The molecule has 7 nitrogen and oxygen atoms in total. The van der Waals surface area contributed by atoms with E-state index in [0.29, 0.717) is 6.54 Å². The van der Waals surface area contributed by atoms with Crippen LogP contribution in [0.15, 0.2) is 18.2 Å². The zero-order valence-corrected chi connectivity index (χ0v) is 11.3. The molecule has 1 heterocycles. The van der Waals surface area contributed by atoms with Crippen LogP contribution < -0.4 is 11.3 Å². The van der Waals surface area contributed by atoms with Crippen molar-refractivity contribution in [3.8, 4) is 0 Å². The topological polar surface area (TPSA) is 102 Å². The molecule has 1 fully saturated rings. The smallest absolute Gasteiger partial charge is 0.294 e. The number of likely N-dealkylation sites (tertiary alicyclic amines) is 1. The molecule has 1 atom stereocenters. The number of hydrogen-bond acceptors (Lipinski definition) is 5. The Balaban J connectivity index is 2.39. The molecule has 1 aliphatic heterocycles. The number of rotatable bonds is 4. The monoisotopic (exact) mass is 278 g/mol. The predicted molar refractivity (Wildman–Crippen MR) is 75.3 cm³/mol. The maximum absolute atomic E-state index is 12.6. The third-order valence-electron chi connectivity index (χ3n) is 3.72. The molecule has 108 valence electrons. The lowest BCUT2D eigenvalue weighted by Gasteiger charge is -2.24. The lowest BCUT2D eigenvalue weighted by atomic mass is 10.1. The van der Waals surface area contributed by atoms with Crippen molar-refractivity contribution in [2.45, 2.75) is 32.2 Å². The van der Waals surface area contributed by atoms with Gasteiger partial charge >= 0.3 is 0 Å². The minimum atomic E-state index is -0.548.